The van der Waals surface area contributed by atoms with Crippen LogP contribution in [0, 0.1) is 0 Å². The third-order valence-corrected chi connectivity index (χ3v) is 5.44. The first-order valence-corrected chi connectivity index (χ1v) is 9.18. The highest BCUT2D eigenvalue weighted by Crippen LogP contribution is 2.30. The molecule has 132 valence electrons. The van der Waals surface area contributed by atoms with Crippen LogP contribution < -0.4 is 9.64 Å². The third-order valence-electron chi connectivity index (χ3n) is 4.06. The number of benzene rings is 1. The van der Waals surface area contributed by atoms with Crippen molar-refractivity contribution < 1.29 is 9.53 Å². The summed E-state index contributed by atoms with van der Waals surface area (Å²) in [5, 5.41) is 0.787. The molecule has 0 saturated carbocycles. The molecule has 0 atom stereocenters. The van der Waals surface area contributed by atoms with Crippen molar-refractivity contribution in [3.8, 4) is 5.75 Å². The SMILES string of the molecule is COc1ccc(CN(C)SC2CN(c3ccc(C=O)c(Cl)n3)C2)cc1. The van der Waals surface area contributed by atoms with E-state index >= 15 is 0 Å². The fourth-order valence-corrected chi connectivity index (χ4v) is 4.09. The van der Waals surface area contributed by atoms with E-state index < -0.39 is 0 Å². The number of carbonyl (C=O) groups excluding carboxylic acids is 1. The van der Waals surface area contributed by atoms with Gasteiger partial charge < -0.3 is 9.64 Å². The van der Waals surface area contributed by atoms with Gasteiger partial charge in [-0.15, -0.1) is 0 Å². The summed E-state index contributed by atoms with van der Waals surface area (Å²) in [5.74, 6) is 1.70. The predicted octanol–water partition coefficient (Wildman–Crippen LogP) is 3.52. The molecule has 0 N–H and O–H groups in total. The van der Waals surface area contributed by atoms with Gasteiger partial charge in [0.05, 0.1) is 17.9 Å². The van der Waals surface area contributed by atoms with E-state index in [4.69, 9.17) is 16.3 Å². The summed E-state index contributed by atoms with van der Waals surface area (Å²) >= 11 is 7.84. The lowest BCUT2D eigenvalue weighted by Gasteiger charge is -2.41. The number of hydrogen-bond acceptors (Lipinski definition) is 6. The normalized spacial score (nSPS) is 14.5. The molecule has 2 aromatic rings. The Morgan fingerprint density at radius 3 is 2.64 bits per heavy atom. The summed E-state index contributed by atoms with van der Waals surface area (Å²) in [7, 11) is 3.78. The molecule has 0 unspecified atom stereocenters. The number of aldehydes is 1. The topological polar surface area (TPSA) is 45.7 Å². The molecule has 1 fully saturated rings. The lowest BCUT2D eigenvalue weighted by atomic mass is 10.2. The molecule has 1 aromatic heterocycles. The number of carbonyl (C=O) groups is 1. The van der Waals surface area contributed by atoms with E-state index in [1.807, 2.05) is 30.1 Å². The molecular formula is C18H20ClN3O2S. The average molecular weight is 378 g/mol. The summed E-state index contributed by atoms with van der Waals surface area (Å²) in [4.78, 5) is 17.3. The van der Waals surface area contributed by atoms with Crippen molar-refractivity contribution in [1.82, 2.24) is 9.29 Å². The molecule has 1 aliphatic heterocycles. The maximum absolute atomic E-state index is 10.8. The van der Waals surface area contributed by atoms with Gasteiger partial charge in [-0.3, -0.25) is 4.79 Å². The van der Waals surface area contributed by atoms with E-state index in [2.05, 4.69) is 33.4 Å². The molecule has 7 heteroatoms. The summed E-state index contributed by atoms with van der Waals surface area (Å²) in [6.45, 7) is 2.71. The predicted molar refractivity (Wildman–Crippen MR) is 103 cm³/mol. The molecule has 2 heterocycles. The van der Waals surface area contributed by atoms with E-state index in [1.165, 1.54) is 5.56 Å². The maximum Gasteiger partial charge on any atom is 0.153 e. The minimum Gasteiger partial charge on any atom is -0.497 e. The van der Waals surface area contributed by atoms with E-state index in [0.717, 1.165) is 37.5 Å². The van der Waals surface area contributed by atoms with Gasteiger partial charge in [-0.2, -0.15) is 0 Å². The van der Waals surface area contributed by atoms with E-state index in [9.17, 15) is 4.79 Å². The molecule has 0 aliphatic carbocycles. The Balaban J connectivity index is 1.47. The quantitative estimate of drug-likeness (QED) is 0.418. The van der Waals surface area contributed by atoms with E-state index in [-0.39, 0.29) is 5.15 Å². The number of nitrogens with zero attached hydrogens (tertiary/aromatic N) is 3. The molecule has 1 aliphatic rings. The molecule has 1 aromatic carbocycles. The first kappa shape index (κ1) is 18.0. The first-order chi connectivity index (χ1) is 12.1. The Hall–Kier alpha value is -1.76. The summed E-state index contributed by atoms with van der Waals surface area (Å²) in [5.41, 5.74) is 1.68. The number of anilines is 1. The lowest BCUT2D eigenvalue weighted by molar-refractivity contribution is 0.112. The standard InChI is InChI=1S/C18H20ClN3O2S/c1-21(9-13-3-6-15(24-2)7-4-13)25-16-10-22(11-16)17-8-5-14(12-23)18(19)20-17/h3-8,12,16H,9-11H2,1-2H3. The van der Waals surface area contributed by atoms with Crippen molar-refractivity contribution >= 4 is 35.7 Å². The van der Waals surface area contributed by atoms with Gasteiger partial charge in [0.25, 0.3) is 0 Å². The van der Waals surface area contributed by atoms with Crippen LogP contribution in [0.2, 0.25) is 5.15 Å². The van der Waals surface area contributed by atoms with Crippen molar-refractivity contribution in [1.29, 1.82) is 0 Å². The second kappa shape index (κ2) is 8.08. The van der Waals surface area contributed by atoms with Gasteiger partial charge in [0.15, 0.2) is 6.29 Å². The van der Waals surface area contributed by atoms with Gasteiger partial charge >= 0.3 is 0 Å². The molecular weight excluding hydrogens is 358 g/mol. The number of pyridine rings is 1. The zero-order valence-corrected chi connectivity index (χ0v) is 15.8. The number of hydrogen-bond donors (Lipinski definition) is 0. The smallest absolute Gasteiger partial charge is 0.153 e. The minimum absolute atomic E-state index is 0.264. The highest BCUT2D eigenvalue weighted by Gasteiger charge is 2.29. The van der Waals surface area contributed by atoms with Crippen LogP contribution in [0.4, 0.5) is 5.82 Å². The maximum atomic E-state index is 10.8. The fraction of sp³-hybridized carbons (Fsp3) is 0.333. The Kier molecular flexibility index (Phi) is 5.83. The van der Waals surface area contributed by atoms with Crippen LogP contribution >= 0.6 is 23.5 Å². The second-order valence-electron chi connectivity index (χ2n) is 5.93. The van der Waals surface area contributed by atoms with Gasteiger partial charge in [0.1, 0.15) is 16.7 Å². The summed E-state index contributed by atoms with van der Waals surface area (Å²) < 4.78 is 7.43. The zero-order chi connectivity index (χ0) is 17.8. The lowest BCUT2D eigenvalue weighted by Crippen LogP contribution is -2.50. The van der Waals surface area contributed by atoms with Crippen LogP contribution in [0.25, 0.3) is 0 Å². The van der Waals surface area contributed by atoms with Crippen molar-refractivity contribution in [3.63, 3.8) is 0 Å². The molecule has 3 rings (SSSR count). The van der Waals surface area contributed by atoms with Gasteiger partial charge in [-0.1, -0.05) is 35.7 Å². The summed E-state index contributed by atoms with van der Waals surface area (Å²) in [6, 6.07) is 11.7. The zero-order valence-electron chi connectivity index (χ0n) is 14.2. The van der Waals surface area contributed by atoms with Gasteiger partial charge in [-0.05, 0) is 36.9 Å². The second-order valence-corrected chi connectivity index (χ2v) is 7.79. The highest BCUT2D eigenvalue weighted by atomic mass is 35.5. The molecule has 0 bridgehead atoms. The van der Waals surface area contributed by atoms with Crippen LogP contribution in [0.5, 0.6) is 5.75 Å². The van der Waals surface area contributed by atoms with Crippen LogP contribution in [0.3, 0.4) is 0 Å². The van der Waals surface area contributed by atoms with Gasteiger partial charge in [-0.25, -0.2) is 9.29 Å². The first-order valence-electron chi connectivity index (χ1n) is 7.96. The number of halogens is 1. The molecule has 0 spiro atoms. The van der Waals surface area contributed by atoms with Gasteiger partial charge in [0, 0.05) is 19.6 Å². The molecule has 0 radical (unpaired) electrons. The molecule has 1 saturated heterocycles. The van der Waals surface area contributed by atoms with E-state index in [1.54, 1.807) is 13.2 Å². The minimum atomic E-state index is 0.264. The third kappa shape index (κ3) is 4.45. The number of methoxy groups -OCH3 is 1. The number of rotatable bonds is 7. The highest BCUT2D eigenvalue weighted by molar-refractivity contribution is 7.97. The van der Waals surface area contributed by atoms with Crippen LogP contribution in [0.1, 0.15) is 15.9 Å². The Bertz CT molecular complexity index is 736. The van der Waals surface area contributed by atoms with Crippen molar-refractivity contribution in [3.05, 3.63) is 52.7 Å². The van der Waals surface area contributed by atoms with Crippen LogP contribution in [0.15, 0.2) is 36.4 Å². The van der Waals surface area contributed by atoms with Gasteiger partial charge in [0.2, 0.25) is 0 Å². The van der Waals surface area contributed by atoms with Crippen LogP contribution in [-0.4, -0.2) is 48.1 Å². The largest absolute Gasteiger partial charge is 0.497 e. The average Bonchev–Trinajstić information content (AvgIpc) is 2.58. The molecule has 0 amide bonds. The number of aromatic nitrogens is 1. The molecule has 25 heavy (non-hydrogen) atoms. The fourth-order valence-electron chi connectivity index (χ4n) is 2.67. The summed E-state index contributed by atoms with van der Waals surface area (Å²) in [6.07, 6.45) is 0.724. The van der Waals surface area contributed by atoms with Crippen molar-refractivity contribution in [2.24, 2.45) is 0 Å². The Labute approximate surface area is 157 Å². The Morgan fingerprint density at radius 1 is 1.32 bits per heavy atom. The van der Waals surface area contributed by atoms with Crippen molar-refractivity contribution in [2.45, 2.75) is 11.8 Å². The van der Waals surface area contributed by atoms with E-state index in [0.29, 0.717) is 10.8 Å². The molecule has 5 nitrogen and oxygen atoms in total. The Morgan fingerprint density at radius 2 is 2.04 bits per heavy atom. The monoisotopic (exact) mass is 377 g/mol. The number of ether oxygens (including phenoxy) is 1. The van der Waals surface area contributed by atoms with Crippen LogP contribution in [-0.2, 0) is 6.54 Å². The van der Waals surface area contributed by atoms with Crippen molar-refractivity contribution in [2.75, 3.05) is 32.1 Å².